The van der Waals surface area contributed by atoms with E-state index in [0.717, 1.165) is 25.6 Å². The van der Waals surface area contributed by atoms with Gasteiger partial charge in [-0.05, 0) is 18.2 Å². The van der Waals surface area contributed by atoms with Crippen molar-refractivity contribution in [2.24, 2.45) is 0 Å². The Balaban J connectivity index is 1.63. The number of likely N-dealkylation sites (N-methyl/N-ethyl adjacent to an activating group) is 1. The summed E-state index contributed by atoms with van der Waals surface area (Å²) in [5, 5.41) is 3.41. The molecule has 98 valence electrons. The van der Waals surface area contributed by atoms with Gasteiger partial charge in [0.1, 0.15) is 0 Å². The van der Waals surface area contributed by atoms with Crippen molar-refractivity contribution < 1.29 is 0 Å². The van der Waals surface area contributed by atoms with Gasteiger partial charge in [-0.15, -0.1) is 0 Å². The molecule has 0 bridgehead atoms. The summed E-state index contributed by atoms with van der Waals surface area (Å²) in [6, 6.07) is 9.21. The monoisotopic (exact) mass is 245 g/mol. The lowest BCUT2D eigenvalue weighted by atomic mass is 9.91. The Morgan fingerprint density at radius 2 is 2.00 bits per heavy atom. The van der Waals surface area contributed by atoms with Crippen molar-refractivity contribution in [3.05, 3.63) is 35.4 Å². The molecule has 1 aromatic rings. The summed E-state index contributed by atoms with van der Waals surface area (Å²) in [5.41, 5.74) is 3.00. The summed E-state index contributed by atoms with van der Waals surface area (Å²) in [6.07, 6.45) is 0. The van der Waals surface area contributed by atoms with Gasteiger partial charge in [-0.25, -0.2) is 0 Å². The van der Waals surface area contributed by atoms with E-state index in [2.05, 4.69) is 46.4 Å². The topological polar surface area (TPSA) is 18.5 Å². The predicted octanol–water partition coefficient (Wildman–Crippen LogP) is 1.12. The van der Waals surface area contributed by atoms with Crippen molar-refractivity contribution in [3.63, 3.8) is 0 Å². The first-order valence-electron chi connectivity index (χ1n) is 7.02. The molecule has 18 heavy (non-hydrogen) atoms. The second-order valence-corrected chi connectivity index (χ2v) is 5.69. The first kappa shape index (κ1) is 12.2. The van der Waals surface area contributed by atoms with Crippen LogP contribution in [0.3, 0.4) is 0 Å². The molecular weight excluding hydrogens is 222 g/mol. The SMILES string of the molecule is CN1CC(c2cccc(CN3CCNCC3)c2)C1. The van der Waals surface area contributed by atoms with E-state index >= 15 is 0 Å². The molecule has 0 unspecified atom stereocenters. The lowest BCUT2D eigenvalue weighted by Gasteiger charge is -2.36. The third-order valence-corrected chi connectivity index (χ3v) is 4.10. The normalized spacial score (nSPS) is 22.9. The zero-order chi connectivity index (χ0) is 12.4. The highest BCUT2D eigenvalue weighted by atomic mass is 15.2. The predicted molar refractivity (Wildman–Crippen MR) is 74.8 cm³/mol. The first-order valence-corrected chi connectivity index (χ1v) is 7.02. The van der Waals surface area contributed by atoms with Crippen molar-refractivity contribution >= 4 is 0 Å². The fourth-order valence-electron chi connectivity index (χ4n) is 2.98. The molecule has 3 nitrogen and oxygen atoms in total. The van der Waals surface area contributed by atoms with Gasteiger partial charge in [0.25, 0.3) is 0 Å². The van der Waals surface area contributed by atoms with E-state index in [1.807, 2.05) is 0 Å². The Morgan fingerprint density at radius 3 is 2.72 bits per heavy atom. The van der Waals surface area contributed by atoms with E-state index < -0.39 is 0 Å². The summed E-state index contributed by atoms with van der Waals surface area (Å²) in [6.45, 7) is 8.17. The minimum atomic E-state index is 0.762. The quantitative estimate of drug-likeness (QED) is 0.861. The van der Waals surface area contributed by atoms with Crippen LogP contribution in [0, 0.1) is 0 Å². The Bertz CT molecular complexity index is 392. The number of rotatable bonds is 3. The van der Waals surface area contributed by atoms with E-state index in [4.69, 9.17) is 0 Å². The summed E-state index contributed by atoms with van der Waals surface area (Å²) in [5.74, 6) is 0.762. The lowest BCUT2D eigenvalue weighted by Crippen LogP contribution is -2.43. The molecule has 0 saturated carbocycles. The zero-order valence-corrected chi connectivity index (χ0v) is 11.2. The second-order valence-electron chi connectivity index (χ2n) is 5.69. The number of hydrogen-bond acceptors (Lipinski definition) is 3. The van der Waals surface area contributed by atoms with E-state index in [0.29, 0.717) is 0 Å². The maximum atomic E-state index is 3.41. The molecule has 0 radical (unpaired) electrons. The van der Waals surface area contributed by atoms with Crippen molar-refractivity contribution in [2.45, 2.75) is 12.5 Å². The van der Waals surface area contributed by atoms with Gasteiger partial charge in [0.15, 0.2) is 0 Å². The van der Waals surface area contributed by atoms with Crippen LogP contribution in [-0.4, -0.2) is 56.1 Å². The number of nitrogens with zero attached hydrogens (tertiary/aromatic N) is 2. The smallest absolute Gasteiger partial charge is 0.0234 e. The Kier molecular flexibility index (Phi) is 3.64. The summed E-state index contributed by atoms with van der Waals surface area (Å²) in [7, 11) is 2.20. The van der Waals surface area contributed by atoms with E-state index in [9.17, 15) is 0 Å². The molecule has 2 fully saturated rings. The number of piperazine rings is 1. The van der Waals surface area contributed by atoms with Gasteiger partial charge >= 0.3 is 0 Å². The molecule has 1 aromatic carbocycles. The summed E-state index contributed by atoms with van der Waals surface area (Å²) < 4.78 is 0. The van der Waals surface area contributed by atoms with E-state index in [1.165, 1.54) is 37.3 Å². The molecule has 0 amide bonds. The largest absolute Gasteiger partial charge is 0.314 e. The minimum Gasteiger partial charge on any atom is -0.314 e. The number of likely N-dealkylation sites (tertiary alicyclic amines) is 1. The highest BCUT2D eigenvalue weighted by molar-refractivity contribution is 5.28. The molecule has 0 aliphatic carbocycles. The number of hydrogen-bond donors (Lipinski definition) is 1. The van der Waals surface area contributed by atoms with Gasteiger partial charge in [-0.3, -0.25) is 4.90 Å². The van der Waals surface area contributed by atoms with Crippen molar-refractivity contribution in [1.29, 1.82) is 0 Å². The van der Waals surface area contributed by atoms with Gasteiger partial charge in [0, 0.05) is 51.7 Å². The van der Waals surface area contributed by atoms with Crippen LogP contribution >= 0.6 is 0 Å². The maximum absolute atomic E-state index is 3.41. The number of nitrogens with one attached hydrogen (secondary N) is 1. The summed E-state index contributed by atoms with van der Waals surface area (Å²) >= 11 is 0. The minimum absolute atomic E-state index is 0.762. The lowest BCUT2D eigenvalue weighted by molar-refractivity contribution is 0.189. The summed E-state index contributed by atoms with van der Waals surface area (Å²) in [4.78, 5) is 4.93. The molecule has 0 aromatic heterocycles. The van der Waals surface area contributed by atoms with Gasteiger partial charge in [0.05, 0.1) is 0 Å². The second kappa shape index (κ2) is 5.39. The Labute approximate surface area is 110 Å². The first-order chi connectivity index (χ1) is 8.81. The van der Waals surface area contributed by atoms with Crippen LogP contribution in [-0.2, 0) is 6.54 Å². The molecule has 2 saturated heterocycles. The fourth-order valence-corrected chi connectivity index (χ4v) is 2.98. The van der Waals surface area contributed by atoms with Crippen molar-refractivity contribution in [1.82, 2.24) is 15.1 Å². The van der Waals surface area contributed by atoms with Gasteiger partial charge in [-0.2, -0.15) is 0 Å². The standard InChI is InChI=1S/C15H23N3/c1-17-11-15(12-17)14-4-2-3-13(9-14)10-18-7-5-16-6-8-18/h2-4,9,15-16H,5-8,10-12H2,1H3. The van der Waals surface area contributed by atoms with Crippen LogP contribution in [0.5, 0.6) is 0 Å². The fraction of sp³-hybridized carbons (Fsp3) is 0.600. The number of benzene rings is 1. The molecular formula is C15H23N3. The van der Waals surface area contributed by atoms with Crippen LogP contribution in [0.1, 0.15) is 17.0 Å². The third-order valence-electron chi connectivity index (χ3n) is 4.10. The van der Waals surface area contributed by atoms with Gasteiger partial charge < -0.3 is 10.2 Å². The van der Waals surface area contributed by atoms with Crippen LogP contribution < -0.4 is 5.32 Å². The average molecular weight is 245 g/mol. The van der Waals surface area contributed by atoms with Crippen molar-refractivity contribution in [2.75, 3.05) is 46.3 Å². The molecule has 2 aliphatic rings. The van der Waals surface area contributed by atoms with Crippen LogP contribution in [0.25, 0.3) is 0 Å². The van der Waals surface area contributed by atoms with Crippen LogP contribution in [0.4, 0.5) is 0 Å². The average Bonchev–Trinajstić information content (AvgIpc) is 2.37. The highest BCUT2D eigenvalue weighted by Crippen LogP contribution is 2.26. The van der Waals surface area contributed by atoms with Crippen LogP contribution in [0.2, 0.25) is 0 Å². The van der Waals surface area contributed by atoms with E-state index in [1.54, 1.807) is 0 Å². The molecule has 3 heteroatoms. The molecule has 0 spiro atoms. The molecule has 2 heterocycles. The maximum Gasteiger partial charge on any atom is 0.0234 e. The van der Waals surface area contributed by atoms with Crippen LogP contribution in [0.15, 0.2) is 24.3 Å². The molecule has 2 aliphatic heterocycles. The molecule has 1 N–H and O–H groups in total. The highest BCUT2D eigenvalue weighted by Gasteiger charge is 2.24. The van der Waals surface area contributed by atoms with E-state index in [-0.39, 0.29) is 0 Å². The zero-order valence-electron chi connectivity index (χ0n) is 11.2. The Morgan fingerprint density at radius 1 is 1.22 bits per heavy atom. The van der Waals surface area contributed by atoms with Crippen molar-refractivity contribution in [3.8, 4) is 0 Å². The molecule has 0 atom stereocenters. The van der Waals surface area contributed by atoms with Gasteiger partial charge in [0.2, 0.25) is 0 Å². The third kappa shape index (κ3) is 2.74. The van der Waals surface area contributed by atoms with Gasteiger partial charge in [-0.1, -0.05) is 24.3 Å². The molecule has 3 rings (SSSR count). The Hall–Kier alpha value is -0.900.